The summed E-state index contributed by atoms with van der Waals surface area (Å²) >= 11 is 0. The molecule has 30 heavy (non-hydrogen) atoms. The smallest absolute Gasteiger partial charge is 0.337 e. The van der Waals surface area contributed by atoms with Crippen molar-refractivity contribution >= 4 is 23.9 Å². The molecular formula is C22H14O8. The number of hydrogen-bond donors (Lipinski definition) is 4. The van der Waals surface area contributed by atoms with Crippen molar-refractivity contribution in [1.82, 2.24) is 0 Å². The van der Waals surface area contributed by atoms with E-state index in [-0.39, 0.29) is 11.1 Å². The van der Waals surface area contributed by atoms with Crippen molar-refractivity contribution in [2.24, 2.45) is 0 Å². The molecule has 0 aliphatic carbocycles. The predicted octanol–water partition coefficient (Wildman–Crippen LogP) is 3.81. The maximum absolute atomic E-state index is 12.0. The number of carboxylic acid groups (broad SMARTS) is 4. The van der Waals surface area contributed by atoms with E-state index in [4.69, 9.17) is 0 Å². The summed E-state index contributed by atoms with van der Waals surface area (Å²) in [5, 5.41) is 37.9. The third-order valence-corrected chi connectivity index (χ3v) is 4.50. The van der Waals surface area contributed by atoms with Crippen molar-refractivity contribution in [3.05, 3.63) is 82.9 Å². The molecule has 0 saturated carbocycles. The van der Waals surface area contributed by atoms with Crippen LogP contribution in [0.15, 0.2) is 60.7 Å². The molecule has 0 aromatic heterocycles. The Morgan fingerprint density at radius 1 is 0.533 bits per heavy atom. The normalized spacial score (nSPS) is 10.4. The minimum atomic E-state index is -1.51. The van der Waals surface area contributed by atoms with Gasteiger partial charge in [0.15, 0.2) is 0 Å². The molecule has 4 N–H and O–H groups in total. The lowest BCUT2D eigenvalue weighted by molar-refractivity contribution is 0.0651. The highest BCUT2D eigenvalue weighted by atomic mass is 16.4. The summed E-state index contributed by atoms with van der Waals surface area (Å²) in [5.41, 5.74) is -1.04. The van der Waals surface area contributed by atoms with Crippen LogP contribution in [0.4, 0.5) is 0 Å². The molecule has 0 amide bonds. The zero-order valence-corrected chi connectivity index (χ0v) is 15.2. The molecule has 150 valence electrons. The van der Waals surface area contributed by atoms with E-state index in [0.717, 1.165) is 12.1 Å². The molecule has 0 atom stereocenters. The van der Waals surface area contributed by atoms with Crippen molar-refractivity contribution in [2.45, 2.75) is 0 Å². The van der Waals surface area contributed by atoms with Crippen LogP contribution in [0.3, 0.4) is 0 Å². The van der Waals surface area contributed by atoms with Gasteiger partial charge in [-0.25, -0.2) is 19.2 Å². The summed E-state index contributed by atoms with van der Waals surface area (Å²) in [7, 11) is 0. The van der Waals surface area contributed by atoms with Crippen LogP contribution in [0.1, 0.15) is 41.4 Å². The lowest BCUT2D eigenvalue weighted by Gasteiger charge is -2.16. The Morgan fingerprint density at radius 3 is 1.63 bits per heavy atom. The molecule has 0 unspecified atom stereocenters. The van der Waals surface area contributed by atoms with Gasteiger partial charge in [-0.3, -0.25) is 0 Å². The van der Waals surface area contributed by atoms with Crippen LogP contribution in [0.5, 0.6) is 0 Å². The van der Waals surface area contributed by atoms with Gasteiger partial charge in [-0.2, -0.15) is 0 Å². The molecule has 0 radical (unpaired) electrons. The molecule has 0 saturated heterocycles. The number of benzene rings is 3. The first-order valence-electron chi connectivity index (χ1n) is 8.52. The van der Waals surface area contributed by atoms with Gasteiger partial charge in [0.05, 0.1) is 22.3 Å². The molecule has 0 bridgehead atoms. The van der Waals surface area contributed by atoms with Gasteiger partial charge in [0.2, 0.25) is 0 Å². The average molecular weight is 406 g/mol. The first-order chi connectivity index (χ1) is 14.2. The molecular weight excluding hydrogens is 392 g/mol. The second kappa shape index (κ2) is 7.88. The average Bonchev–Trinajstić information content (AvgIpc) is 2.72. The lowest BCUT2D eigenvalue weighted by atomic mass is 9.86. The van der Waals surface area contributed by atoms with E-state index in [1.807, 2.05) is 0 Å². The van der Waals surface area contributed by atoms with Crippen LogP contribution in [-0.4, -0.2) is 44.3 Å². The van der Waals surface area contributed by atoms with Crippen molar-refractivity contribution in [3.8, 4) is 22.3 Å². The second-order valence-corrected chi connectivity index (χ2v) is 6.26. The Hall–Kier alpha value is -4.46. The maximum Gasteiger partial charge on any atom is 0.337 e. The molecule has 0 aliphatic heterocycles. The molecule has 3 rings (SSSR count). The fourth-order valence-corrected chi connectivity index (χ4v) is 3.22. The highest BCUT2D eigenvalue weighted by Crippen LogP contribution is 2.38. The lowest BCUT2D eigenvalue weighted by Crippen LogP contribution is -2.12. The van der Waals surface area contributed by atoms with Crippen molar-refractivity contribution in [1.29, 1.82) is 0 Å². The van der Waals surface area contributed by atoms with E-state index in [2.05, 4.69) is 0 Å². The first-order valence-corrected chi connectivity index (χ1v) is 8.52. The molecule has 0 aliphatic rings. The number of hydrogen-bond acceptors (Lipinski definition) is 4. The Kier molecular flexibility index (Phi) is 5.33. The zero-order valence-electron chi connectivity index (χ0n) is 15.2. The summed E-state index contributed by atoms with van der Waals surface area (Å²) in [4.78, 5) is 46.6. The van der Waals surface area contributed by atoms with Crippen LogP contribution in [0.2, 0.25) is 0 Å². The molecule has 8 heteroatoms. The molecule has 3 aromatic rings. The fraction of sp³-hybridized carbons (Fsp3) is 0. The predicted molar refractivity (Wildman–Crippen MR) is 105 cm³/mol. The van der Waals surface area contributed by atoms with Gasteiger partial charge in [-0.1, -0.05) is 42.5 Å². The van der Waals surface area contributed by atoms with Gasteiger partial charge < -0.3 is 20.4 Å². The van der Waals surface area contributed by atoms with Gasteiger partial charge >= 0.3 is 23.9 Å². The Bertz CT molecular complexity index is 1200. The van der Waals surface area contributed by atoms with Crippen molar-refractivity contribution in [3.63, 3.8) is 0 Å². The highest BCUT2D eigenvalue weighted by Gasteiger charge is 2.26. The highest BCUT2D eigenvalue weighted by molar-refractivity contribution is 6.10. The number of rotatable bonds is 6. The standard InChI is InChI=1S/C22H14O8/c23-19(24)14-7-6-12(10-16(14)21(27)28)17-13(11-4-2-1-3-5-11)8-9-15(20(25)26)18(17)22(29)30/h1-10H,(H,23,24)(H,25,26)(H,27,28)(H,29,30). The van der Waals surface area contributed by atoms with E-state index in [0.29, 0.717) is 11.1 Å². The van der Waals surface area contributed by atoms with Gasteiger partial charge in [0.1, 0.15) is 0 Å². The topological polar surface area (TPSA) is 149 Å². The monoisotopic (exact) mass is 406 g/mol. The van der Waals surface area contributed by atoms with Crippen molar-refractivity contribution in [2.75, 3.05) is 0 Å². The summed E-state index contributed by atoms with van der Waals surface area (Å²) in [6.45, 7) is 0. The van der Waals surface area contributed by atoms with E-state index in [9.17, 15) is 39.6 Å². The van der Waals surface area contributed by atoms with E-state index in [1.54, 1.807) is 30.3 Å². The van der Waals surface area contributed by atoms with E-state index in [1.165, 1.54) is 18.2 Å². The third-order valence-electron chi connectivity index (χ3n) is 4.50. The third kappa shape index (κ3) is 3.61. The van der Waals surface area contributed by atoms with Gasteiger partial charge in [-0.15, -0.1) is 0 Å². The van der Waals surface area contributed by atoms with Crippen LogP contribution < -0.4 is 0 Å². The zero-order chi connectivity index (χ0) is 22.0. The first kappa shape index (κ1) is 20.3. The molecule has 0 spiro atoms. The Labute approximate surface area is 169 Å². The van der Waals surface area contributed by atoms with Crippen LogP contribution >= 0.6 is 0 Å². The largest absolute Gasteiger partial charge is 0.478 e. The SMILES string of the molecule is O=C(O)c1ccc(-c2c(-c3ccccc3)ccc(C(=O)O)c2C(=O)O)cc1C(=O)O. The van der Waals surface area contributed by atoms with Gasteiger partial charge in [0, 0.05) is 5.56 Å². The van der Waals surface area contributed by atoms with Crippen LogP contribution in [-0.2, 0) is 0 Å². The minimum absolute atomic E-state index is 0.0203. The Balaban J connectivity index is 2.45. The van der Waals surface area contributed by atoms with E-state index < -0.39 is 46.1 Å². The summed E-state index contributed by atoms with van der Waals surface area (Å²) < 4.78 is 0. The summed E-state index contributed by atoms with van der Waals surface area (Å²) in [6.07, 6.45) is 0. The van der Waals surface area contributed by atoms with Crippen LogP contribution in [0.25, 0.3) is 22.3 Å². The molecule has 3 aromatic carbocycles. The number of aromatic carboxylic acids is 4. The van der Waals surface area contributed by atoms with Gasteiger partial charge in [-0.05, 0) is 34.9 Å². The molecule has 0 heterocycles. The number of carboxylic acids is 4. The van der Waals surface area contributed by atoms with E-state index >= 15 is 0 Å². The Morgan fingerprint density at radius 2 is 1.10 bits per heavy atom. The maximum atomic E-state index is 12.0. The number of carbonyl (C=O) groups is 4. The fourth-order valence-electron chi connectivity index (χ4n) is 3.22. The molecule has 8 nitrogen and oxygen atoms in total. The van der Waals surface area contributed by atoms with Gasteiger partial charge in [0.25, 0.3) is 0 Å². The van der Waals surface area contributed by atoms with Crippen LogP contribution in [0, 0.1) is 0 Å². The second-order valence-electron chi connectivity index (χ2n) is 6.26. The van der Waals surface area contributed by atoms with Crippen molar-refractivity contribution < 1.29 is 39.6 Å². The summed E-state index contributed by atoms with van der Waals surface area (Å²) in [6, 6.07) is 14.5. The summed E-state index contributed by atoms with van der Waals surface area (Å²) in [5.74, 6) is -5.95. The molecule has 0 fully saturated rings. The quantitative estimate of drug-likeness (QED) is 0.483. The minimum Gasteiger partial charge on any atom is -0.478 e.